The normalized spacial score (nSPS) is 18.2. The van der Waals surface area contributed by atoms with Gasteiger partial charge in [-0.05, 0) is 59.7 Å². The number of nitrogens with zero attached hydrogens (tertiary/aromatic N) is 2. The highest BCUT2D eigenvalue weighted by atomic mass is 16.5. The van der Waals surface area contributed by atoms with Gasteiger partial charge in [0, 0.05) is 30.6 Å². The Morgan fingerprint density at radius 2 is 2.00 bits per heavy atom. The molecule has 0 spiro atoms. The van der Waals surface area contributed by atoms with Crippen LogP contribution in [0.25, 0.3) is 16.6 Å². The highest BCUT2D eigenvalue weighted by molar-refractivity contribution is 5.97. The van der Waals surface area contributed by atoms with Crippen LogP contribution in [0.3, 0.4) is 0 Å². The van der Waals surface area contributed by atoms with Crippen LogP contribution in [0.2, 0.25) is 0 Å². The molecule has 1 aromatic carbocycles. The second-order valence-electron chi connectivity index (χ2n) is 8.94. The number of hydrogen-bond acceptors (Lipinski definition) is 4. The van der Waals surface area contributed by atoms with E-state index in [9.17, 15) is 9.59 Å². The fourth-order valence-corrected chi connectivity index (χ4v) is 4.44. The largest absolute Gasteiger partial charge is 0.497 e. The molecule has 2 amide bonds. The zero-order valence-corrected chi connectivity index (χ0v) is 18.9. The van der Waals surface area contributed by atoms with Crippen LogP contribution in [0.1, 0.15) is 30.9 Å². The summed E-state index contributed by atoms with van der Waals surface area (Å²) >= 11 is 0. The molecule has 1 unspecified atom stereocenters. The first-order valence-electron chi connectivity index (χ1n) is 11.4. The first kappa shape index (κ1) is 21.2. The third kappa shape index (κ3) is 4.49. The van der Waals surface area contributed by atoms with Crippen molar-refractivity contribution in [2.75, 3.05) is 25.5 Å². The van der Waals surface area contributed by atoms with Crippen LogP contribution in [0, 0.1) is 11.8 Å². The van der Waals surface area contributed by atoms with Gasteiger partial charge < -0.3 is 19.9 Å². The van der Waals surface area contributed by atoms with E-state index in [1.165, 1.54) is 5.57 Å². The van der Waals surface area contributed by atoms with Crippen LogP contribution in [0.5, 0.6) is 5.75 Å². The molecule has 33 heavy (non-hydrogen) atoms. The third-order valence-electron chi connectivity index (χ3n) is 6.46. The van der Waals surface area contributed by atoms with Crippen molar-refractivity contribution >= 4 is 34.2 Å². The smallest absolute Gasteiger partial charge is 0.228 e. The number of rotatable bonds is 6. The number of methoxy groups -OCH3 is 1. The number of pyridine rings is 1. The highest BCUT2D eigenvalue weighted by Crippen LogP contribution is 2.35. The minimum Gasteiger partial charge on any atom is -0.497 e. The highest BCUT2D eigenvalue weighted by Gasteiger charge is 2.30. The molecular weight excluding hydrogens is 416 g/mol. The molecule has 1 fully saturated rings. The fourth-order valence-electron chi connectivity index (χ4n) is 4.44. The van der Waals surface area contributed by atoms with Crippen molar-refractivity contribution < 1.29 is 14.3 Å². The van der Waals surface area contributed by atoms with Crippen molar-refractivity contribution in [2.24, 2.45) is 11.8 Å². The predicted molar refractivity (Wildman–Crippen MR) is 128 cm³/mol. The van der Waals surface area contributed by atoms with Crippen molar-refractivity contribution in [2.45, 2.75) is 26.2 Å². The quantitative estimate of drug-likeness (QED) is 0.601. The zero-order chi connectivity index (χ0) is 22.9. The number of carbonyl (C=O) groups excluding carboxylic acids is 2. The fraction of sp³-hybridized carbons (Fsp3) is 0.346. The number of hydrogen-bond donors (Lipinski definition) is 2. The topological polar surface area (TPSA) is 87.3 Å². The molecule has 1 aliphatic heterocycles. The van der Waals surface area contributed by atoms with E-state index >= 15 is 0 Å². The Morgan fingerprint density at radius 1 is 1.21 bits per heavy atom. The Labute approximate surface area is 192 Å². The summed E-state index contributed by atoms with van der Waals surface area (Å²) in [5.74, 6) is 1.79. The van der Waals surface area contributed by atoms with Crippen LogP contribution in [-0.2, 0) is 16.0 Å². The van der Waals surface area contributed by atoms with Crippen molar-refractivity contribution in [3.8, 4) is 5.75 Å². The summed E-state index contributed by atoms with van der Waals surface area (Å²) in [4.78, 5) is 34.9. The number of carbonyl (C=O) groups is 2. The van der Waals surface area contributed by atoms with Gasteiger partial charge in [0.25, 0.3) is 0 Å². The lowest BCUT2D eigenvalue weighted by Crippen LogP contribution is -2.39. The van der Waals surface area contributed by atoms with Gasteiger partial charge in [-0.2, -0.15) is 0 Å². The number of aromatic nitrogens is 2. The minimum absolute atomic E-state index is 0.0420. The number of benzene rings is 1. The minimum atomic E-state index is 0.0420. The average Bonchev–Trinajstić information content (AvgIpc) is 3.57. The van der Waals surface area contributed by atoms with Crippen molar-refractivity contribution in [3.05, 3.63) is 59.8 Å². The summed E-state index contributed by atoms with van der Waals surface area (Å²) in [6.45, 7) is 3.35. The van der Waals surface area contributed by atoms with E-state index in [0.717, 1.165) is 40.8 Å². The molecule has 1 aliphatic carbocycles. The predicted octanol–water partition coefficient (Wildman–Crippen LogP) is 4.02. The van der Waals surface area contributed by atoms with E-state index in [-0.39, 0.29) is 23.7 Å². The van der Waals surface area contributed by atoms with Gasteiger partial charge in [-0.15, -0.1) is 0 Å². The molecule has 0 saturated heterocycles. The van der Waals surface area contributed by atoms with E-state index in [2.05, 4.69) is 28.3 Å². The summed E-state index contributed by atoms with van der Waals surface area (Å²) in [5, 5.41) is 4.00. The van der Waals surface area contributed by atoms with Crippen LogP contribution in [-0.4, -0.2) is 46.9 Å². The molecular formula is C26H28N4O3. The molecule has 5 rings (SSSR count). The van der Waals surface area contributed by atoms with Crippen molar-refractivity contribution in [1.29, 1.82) is 0 Å². The molecule has 7 heteroatoms. The summed E-state index contributed by atoms with van der Waals surface area (Å²) in [6, 6.07) is 11.6. The molecule has 3 aromatic rings. The van der Waals surface area contributed by atoms with Gasteiger partial charge in [0.05, 0.1) is 13.5 Å². The average molecular weight is 445 g/mol. The van der Waals surface area contributed by atoms with Gasteiger partial charge in [-0.3, -0.25) is 9.59 Å². The molecule has 2 aromatic heterocycles. The van der Waals surface area contributed by atoms with Gasteiger partial charge in [0.15, 0.2) is 0 Å². The van der Waals surface area contributed by atoms with E-state index in [1.807, 2.05) is 47.5 Å². The maximum absolute atomic E-state index is 12.9. The maximum atomic E-state index is 12.9. The zero-order valence-electron chi connectivity index (χ0n) is 18.9. The lowest BCUT2D eigenvalue weighted by molar-refractivity contribution is -0.130. The van der Waals surface area contributed by atoms with E-state index in [1.54, 1.807) is 7.11 Å². The molecule has 0 bridgehead atoms. The van der Waals surface area contributed by atoms with Crippen molar-refractivity contribution in [1.82, 2.24) is 14.9 Å². The second-order valence-corrected chi connectivity index (χ2v) is 8.94. The first-order chi connectivity index (χ1) is 16.0. The molecule has 1 saturated carbocycles. The SMILES string of the molecule is COc1ccc(CC(=O)N2CC=C(c3cc(NC(=O)C4CC4)nc4[nH]ccc34)C(C)C2)cc1. The van der Waals surface area contributed by atoms with Gasteiger partial charge >= 0.3 is 0 Å². The first-order valence-corrected chi connectivity index (χ1v) is 11.4. The van der Waals surface area contributed by atoms with E-state index < -0.39 is 0 Å². The number of nitrogens with one attached hydrogen (secondary N) is 2. The van der Waals surface area contributed by atoms with E-state index in [0.29, 0.717) is 25.3 Å². The van der Waals surface area contributed by atoms with E-state index in [4.69, 9.17) is 4.74 Å². The Balaban J connectivity index is 1.35. The lowest BCUT2D eigenvalue weighted by Gasteiger charge is -2.32. The standard InChI is InChI=1S/C26H28N4O3/c1-16-15-30(24(31)13-17-3-7-19(33-2)8-4-17)12-10-20(16)22-14-23(29-26(32)18-5-6-18)28-25-21(22)9-11-27-25/h3-4,7-11,14,16,18H,5-6,12-13,15H2,1-2H3,(H2,27,28,29,32). The Hall–Kier alpha value is -3.61. The summed E-state index contributed by atoms with van der Waals surface area (Å²) in [5.41, 5.74) is 3.96. The number of anilines is 1. The van der Waals surface area contributed by atoms with Crippen LogP contribution in [0.4, 0.5) is 5.82 Å². The molecule has 0 radical (unpaired) electrons. The summed E-state index contributed by atoms with van der Waals surface area (Å²) < 4.78 is 5.19. The lowest BCUT2D eigenvalue weighted by atomic mass is 9.89. The van der Waals surface area contributed by atoms with Crippen molar-refractivity contribution in [3.63, 3.8) is 0 Å². The molecule has 3 heterocycles. The van der Waals surface area contributed by atoms with Crippen LogP contribution >= 0.6 is 0 Å². The molecule has 7 nitrogen and oxygen atoms in total. The molecule has 170 valence electrons. The molecule has 1 atom stereocenters. The third-order valence-corrected chi connectivity index (χ3v) is 6.46. The monoisotopic (exact) mass is 444 g/mol. The van der Waals surface area contributed by atoms with Gasteiger partial charge in [-0.25, -0.2) is 4.98 Å². The summed E-state index contributed by atoms with van der Waals surface area (Å²) in [7, 11) is 1.63. The summed E-state index contributed by atoms with van der Waals surface area (Å²) in [6.07, 6.45) is 6.27. The molecule has 2 N–H and O–H groups in total. The molecule has 2 aliphatic rings. The number of fused-ring (bicyclic) bond motifs is 1. The van der Waals surface area contributed by atoms with Gasteiger partial charge in [0.2, 0.25) is 11.8 Å². The van der Waals surface area contributed by atoms with Crippen LogP contribution in [0.15, 0.2) is 48.7 Å². The van der Waals surface area contributed by atoms with Crippen LogP contribution < -0.4 is 10.1 Å². The second kappa shape index (κ2) is 8.73. The Bertz CT molecular complexity index is 1220. The number of amides is 2. The number of H-pyrrole nitrogens is 1. The number of aromatic amines is 1. The van der Waals surface area contributed by atoms with Gasteiger partial charge in [0.1, 0.15) is 17.2 Å². The Morgan fingerprint density at radius 3 is 2.70 bits per heavy atom. The maximum Gasteiger partial charge on any atom is 0.228 e. The number of ether oxygens (including phenoxy) is 1. The van der Waals surface area contributed by atoms with Gasteiger partial charge in [-0.1, -0.05) is 25.1 Å². The Kier molecular flexibility index (Phi) is 5.62.